The number of alkyl halides is 6. The fraction of sp³-hybridized carbons (Fsp3) is 0.429. The molecule has 0 unspecified atom stereocenters. The van der Waals surface area contributed by atoms with Crippen LogP contribution >= 0.6 is 11.3 Å². The van der Waals surface area contributed by atoms with E-state index in [1.807, 2.05) is 6.92 Å². The van der Waals surface area contributed by atoms with Gasteiger partial charge in [-0.15, -0.1) is 11.3 Å². The third-order valence-corrected chi connectivity index (χ3v) is 6.48. The van der Waals surface area contributed by atoms with E-state index in [1.165, 1.54) is 11.3 Å². The smallest absolute Gasteiger partial charge is 0.416 e. The summed E-state index contributed by atoms with van der Waals surface area (Å²) in [6, 6.07) is 1.18. The Hall–Kier alpha value is -2.40. The molecule has 0 spiro atoms. The first-order chi connectivity index (χ1) is 14.9. The summed E-state index contributed by atoms with van der Waals surface area (Å²) in [5.74, 6) is -0.209. The lowest BCUT2D eigenvalue weighted by atomic mass is 10.1. The summed E-state index contributed by atoms with van der Waals surface area (Å²) in [4.78, 5) is 12.6. The van der Waals surface area contributed by atoms with Crippen LogP contribution in [0.1, 0.15) is 40.2 Å². The summed E-state index contributed by atoms with van der Waals surface area (Å²) in [6.07, 6.45) is -7.83. The van der Waals surface area contributed by atoms with Crippen molar-refractivity contribution in [2.24, 2.45) is 0 Å². The number of likely N-dealkylation sites (tertiary alicyclic amines) is 1. The lowest BCUT2D eigenvalue weighted by molar-refractivity contribution is -0.143. The van der Waals surface area contributed by atoms with Crippen molar-refractivity contribution < 1.29 is 31.1 Å². The van der Waals surface area contributed by atoms with E-state index in [9.17, 15) is 26.3 Å². The lowest BCUT2D eigenvalue weighted by Gasteiger charge is -2.16. The SMILES string of the molecule is Cc1sc2nc(CN3CCCC3)nc(Oc3cc(C(F)(F)F)cc(C(F)(F)F)c3)c2c1C. The van der Waals surface area contributed by atoms with E-state index < -0.39 is 29.2 Å². The van der Waals surface area contributed by atoms with Crippen molar-refractivity contribution in [2.75, 3.05) is 13.1 Å². The van der Waals surface area contributed by atoms with Crippen LogP contribution in [-0.4, -0.2) is 28.0 Å². The second kappa shape index (κ2) is 8.18. The molecule has 1 aromatic carbocycles. The van der Waals surface area contributed by atoms with Gasteiger partial charge in [-0.1, -0.05) is 0 Å². The number of hydrogen-bond acceptors (Lipinski definition) is 5. The molecule has 4 rings (SSSR count). The quantitative estimate of drug-likeness (QED) is 0.392. The molecule has 0 radical (unpaired) electrons. The third-order valence-electron chi connectivity index (χ3n) is 5.38. The topological polar surface area (TPSA) is 38.2 Å². The fourth-order valence-electron chi connectivity index (χ4n) is 3.64. The Balaban J connectivity index is 1.80. The molecule has 4 nitrogen and oxygen atoms in total. The average Bonchev–Trinajstić information content (AvgIpc) is 3.28. The largest absolute Gasteiger partial charge is 0.438 e. The molecule has 11 heteroatoms. The average molecular weight is 475 g/mol. The molecule has 32 heavy (non-hydrogen) atoms. The van der Waals surface area contributed by atoms with Crippen LogP contribution in [0.5, 0.6) is 11.6 Å². The molecule has 0 atom stereocenters. The van der Waals surface area contributed by atoms with Crippen LogP contribution in [0.25, 0.3) is 10.2 Å². The van der Waals surface area contributed by atoms with Crippen LogP contribution in [-0.2, 0) is 18.9 Å². The first kappa shape index (κ1) is 22.8. The number of thiophene rings is 1. The summed E-state index contributed by atoms with van der Waals surface area (Å²) < 4.78 is 85.0. The molecular weight excluding hydrogens is 456 g/mol. The molecule has 1 fully saturated rings. The Morgan fingerprint density at radius 2 is 1.53 bits per heavy atom. The van der Waals surface area contributed by atoms with Gasteiger partial charge >= 0.3 is 12.4 Å². The van der Waals surface area contributed by atoms with Crippen LogP contribution in [0, 0.1) is 13.8 Å². The van der Waals surface area contributed by atoms with E-state index in [-0.39, 0.29) is 11.9 Å². The molecule has 3 heterocycles. The number of hydrogen-bond donors (Lipinski definition) is 0. The van der Waals surface area contributed by atoms with Crippen molar-refractivity contribution in [1.29, 1.82) is 0 Å². The van der Waals surface area contributed by atoms with Crippen LogP contribution in [0.2, 0.25) is 0 Å². The van der Waals surface area contributed by atoms with Crippen LogP contribution in [0.4, 0.5) is 26.3 Å². The van der Waals surface area contributed by atoms with Crippen molar-refractivity contribution in [1.82, 2.24) is 14.9 Å². The highest BCUT2D eigenvalue weighted by Gasteiger charge is 2.37. The number of aryl methyl sites for hydroxylation is 2. The highest BCUT2D eigenvalue weighted by Crippen LogP contribution is 2.41. The molecule has 0 saturated carbocycles. The first-order valence-corrected chi connectivity index (χ1v) is 10.7. The van der Waals surface area contributed by atoms with Gasteiger partial charge in [0.2, 0.25) is 5.88 Å². The van der Waals surface area contributed by atoms with Crippen LogP contribution in [0.3, 0.4) is 0 Å². The number of rotatable bonds is 4. The van der Waals surface area contributed by atoms with Gasteiger partial charge in [0.05, 0.1) is 23.1 Å². The number of nitrogens with zero attached hydrogens (tertiary/aromatic N) is 3. The maximum Gasteiger partial charge on any atom is 0.416 e. The molecular formula is C21H19F6N3OS. The lowest BCUT2D eigenvalue weighted by Crippen LogP contribution is -2.20. The zero-order valence-corrected chi connectivity index (χ0v) is 18.0. The van der Waals surface area contributed by atoms with Gasteiger partial charge in [-0.3, -0.25) is 4.90 Å². The number of aromatic nitrogens is 2. The van der Waals surface area contributed by atoms with E-state index in [4.69, 9.17) is 4.74 Å². The molecule has 0 aliphatic carbocycles. The van der Waals surface area contributed by atoms with Gasteiger partial charge < -0.3 is 4.74 Å². The Kier molecular flexibility index (Phi) is 5.83. The predicted molar refractivity (Wildman–Crippen MR) is 108 cm³/mol. The van der Waals surface area contributed by atoms with E-state index in [0.29, 0.717) is 34.7 Å². The van der Waals surface area contributed by atoms with Gasteiger partial charge in [-0.25, -0.2) is 4.98 Å². The normalized spacial score (nSPS) is 15.6. The Bertz CT molecular complexity index is 1120. The molecule has 1 saturated heterocycles. The molecule has 0 bridgehead atoms. The Morgan fingerprint density at radius 1 is 0.938 bits per heavy atom. The number of halogens is 6. The van der Waals surface area contributed by atoms with E-state index in [1.54, 1.807) is 6.92 Å². The molecule has 0 amide bonds. The van der Waals surface area contributed by atoms with Gasteiger partial charge in [0.15, 0.2) is 0 Å². The van der Waals surface area contributed by atoms with Gasteiger partial charge in [-0.2, -0.15) is 31.3 Å². The minimum Gasteiger partial charge on any atom is -0.438 e. The number of benzene rings is 1. The summed E-state index contributed by atoms with van der Waals surface area (Å²) in [7, 11) is 0. The zero-order chi connectivity index (χ0) is 23.3. The number of ether oxygens (including phenoxy) is 1. The number of fused-ring (bicyclic) bond motifs is 1. The molecule has 2 aromatic heterocycles. The van der Waals surface area contributed by atoms with Crippen molar-refractivity contribution in [3.8, 4) is 11.6 Å². The molecule has 3 aromatic rings. The summed E-state index contributed by atoms with van der Waals surface area (Å²) >= 11 is 1.38. The van der Waals surface area contributed by atoms with Gasteiger partial charge in [0.25, 0.3) is 0 Å². The van der Waals surface area contributed by atoms with Crippen LogP contribution < -0.4 is 4.74 Å². The van der Waals surface area contributed by atoms with E-state index >= 15 is 0 Å². The predicted octanol–water partition coefficient (Wildman–Crippen LogP) is 6.73. The van der Waals surface area contributed by atoms with Crippen molar-refractivity contribution in [3.05, 3.63) is 45.6 Å². The second-order valence-corrected chi connectivity index (χ2v) is 8.94. The maximum absolute atomic E-state index is 13.2. The zero-order valence-electron chi connectivity index (χ0n) is 17.2. The monoisotopic (exact) mass is 475 g/mol. The molecule has 1 aliphatic rings. The highest BCUT2D eigenvalue weighted by molar-refractivity contribution is 7.18. The summed E-state index contributed by atoms with van der Waals surface area (Å²) in [5.41, 5.74) is -2.11. The molecule has 1 aliphatic heterocycles. The van der Waals surface area contributed by atoms with Gasteiger partial charge in [0, 0.05) is 4.88 Å². The summed E-state index contributed by atoms with van der Waals surface area (Å²) in [5, 5.41) is 0.489. The standard InChI is InChI=1S/C21H19F6N3OS/c1-11-12(2)32-19-17(11)18(28-16(29-19)10-30-5-3-4-6-30)31-15-8-13(20(22,23)24)7-14(9-15)21(25,26)27/h7-9H,3-6,10H2,1-2H3. The van der Waals surface area contributed by atoms with Crippen LogP contribution in [0.15, 0.2) is 18.2 Å². The fourth-order valence-corrected chi connectivity index (χ4v) is 4.68. The molecule has 0 N–H and O–H groups in total. The third kappa shape index (κ3) is 4.68. The first-order valence-electron chi connectivity index (χ1n) is 9.88. The summed E-state index contributed by atoms with van der Waals surface area (Å²) in [6.45, 7) is 5.83. The maximum atomic E-state index is 13.2. The Labute approximate surface area is 183 Å². The molecule has 172 valence electrons. The van der Waals surface area contributed by atoms with E-state index in [0.717, 1.165) is 36.4 Å². The van der Waals surface area contributed by atoms with Gasteiger partial charge in [-0.05, 0) is 63.5 Å². The van der Waals surface area contributed by atoms with Crippen molar-refractivity contribution in [3.63, 3.8) is 0 Å². The van der Waals surface area contributed by atoms with Crippen molar-refractivity contribution in [2.45, 2.75) is 45.6 Å². The highest BCUT2D eigenvalue weighted by atomic mass is 32.1. The second-order valence-electron chi connectivity index (χ2n) is 7.74. The minimum atomic E-state index is -4.96. The van der Waals surface area contributed by atoms with E-state index in [2.05, 4.69) is 14.9 Å². The van der Waals surface area contributed by atoms with Crippen molar-refractivity contribution >= 4 is 21.6 Å². The van der Waals surface area contributed by atoms with Gasteiger partial charge in [0.1, 0.15) is 16.4 Å². The Morgan fingerprint density at radius 3 is 2.09 bits per heavy atom. The minimum absolute atomic E-state index is 0.0431.